The summed E-state index contributed by atoms with van der Waals surface area (Å²) in [6, 6.07) is 10.8. The van der Waals surface area contributed by atoms with Crippen molar-refractivity contribution in [3.05, 3.63) is 65.7 Å². The smallest absolute Gasteiger partial charge is 0.330 e. The van der Waals surface area contributed by atoms with Crippen LogP contribution in [-0.2, 0) is 19.1 Å². The van der Waals surface area contributed by atoms with Gasteiger partial charge in [0.1, 0.15) is 25.1 Å². The van der Waals surface area contributed by atoms with Crippen molar-refractivity contribution >= 4 is 24.1 Å². The topological polar surface area (TPSA) is 123 Å². The average molecular weight is 414 g/mol. The van der Waals surface area contributed by atoms with E-state index in [1.165, 1.54) is 43.5 Å². The van der Waals surface area contributed by atoms with Gasteiger partial charge >= 0.3 is 11.9 Å². The predicted molar refractivity (Wildman–Crippen MR) is 109 cm³/mol. The summed E-state index contributed by atoms with van der Waals surface area (Å²) in [5.74, 6) is -1.01. The SMILES string of the molecule is COc1cc(C=CC(=O)OCC(O)COC(=O)C=Cc2ccc(O)cc2)ccc1O. The standard InChI is InChI=1S/C22H22O8/c1-28-20-12-16(4-9-19(20)25)6-11-22(27)30-14-18(24)13-29-21(26)10-5-15-2-7-17(23)8-3-15/h2-12,18,23-25H,13-14H2,1H3. The molecule has 2 rings (SSSR count). The van der Waals surface area contributed by atoms with Crippen molar-refractivity contribution in [1.29, 1.82) is 0 Å². The van der Waals surface area contributed by atoms with Crippen molar-refractivity contribution in [3.63, 3.8) is 0 Å². The van der Waals surface area contributed by atoms with Crippen molar-refractivity contribution in [2.75, 3.05) is 20.3 Å². The summed E-state index contributed by atoms with van der Waals surface area (Å²) < 4.78 is 14.7. The second kappa shape index (κ2) is 11.3. The minimum absolute atomic E-state index is 0.0205. The molecule has 30 heavy (non-hydrogen) atoms. The molecule has 0 aliphatic heterocycles. The first-order valence-electron chi connectivity index (χ1n) is 8.91. The first kappa shape index (κ1) is 22.5. The molecule has 0 heterocycles. The Morgan fingerprint density at radius 1 is 0.900 bits per heavy atom. The third-order valence-corrected chi connectivity index (χ3v) is 3.76. The normalized spacial score (nSPS) is 12.1. The highest BCUT2D eigenvalue weighted by Crippen LogP contribution is 2.26. The number of carbonyl (C=O) groups is 2. The highest BCUT2D eigenvalue weighted by molar-refractivity contribution is 5.87. The van der Waals surface area contributed by atoms with Crippen LogP contribution in [0.5, 0.6) is 17.2 Å². The highest BCUT2D eigenvalue weighted by atomic mass is 16.6. The molecule has 0 aliphatic carbocycles. The second-order valence-electron chi connectivity index (χ2n) is 6.10. The third kappa shape index (κ3) is 7.69. The summed E-state index contributed by atoms with van der Waals surface area (Å²) >= 11 is 0. The van der Waals surface area contributed by atoms with Gasteiger partial charge in [0.15, 0.2) is 11.5 Å². The molecule has 8 heteroatoms. The van der Waals surface area contributed by atoms with Gasteiger partial charge in [-0.1, -0.05) is 18.2 Å². The lowest BCUT2D eigenvalue weighted by atomic mass is 10.2. The van der Waals surface area contributed by atoms with E-state index < -0.39 is 18.0 Å². The number of methoxy groups -OCH3 is 1. The van der Waals surface area contributed by atoms with Gasteiger partial charge in [0.05, 0.1) is 7.11 Å². The molecule has 0 aliphatic rings. The van der Waals surface area contributed by atoms with Crippen LogP contribution in [-0.4, -0.2) is 53.7 Å². The maximum Gasteiger partial charge on any atom is 0.330 e. The lowest BCUT2D eigenvalue weighted by Crippen LogP contribution is -2.24. The molecular formula is C22H22O8. The minimum Gasteiger partial charge on any atom is -0.508 e. The van der Waals surface area contributed by atoms with E-state index in [1.54, 1.807) is 24.3 Å². The van der Waals surface area contributed by atoms with Crippen LogP contribution >= 0.6 is 0 Å². The zero-order chi connectivity index (χ0) is 21.9. The summed E-state index contributed by atoms with van der Waals surface area (Å²) in [7, 11) is 1.41. The number of rotatable bonds is 9. The number of benzene rings is 2. The molecule has 0 spiro atoms. The number of hydrogen-bond acceptors (Lipinski definition) is 8. The van der Waals surface area contributed by atoms with Crippen LogP contribution in [0.1, 0.15) is 11.1 Å². The number of aliphatic hydroxyl groups is 1. The molecule has 0 saturated heterocycles. The van der Waals surface area contributed by atoms with Gasteiger partial charge in [0, 0.05) is 12.2 Å². The molecule has 2 aromatic carbocycles. The number of hydrogen-bond donors (Lipinski definition) is 3. The third-order valence-electron chi connectivity index (χ3n) is 3.76. The molecule has 158 valence electrons. The molecule has 0 amide bonds. The van der Waals surface area contributed by atoms with Gasteiger partial charge in [-0.3, -0.25) is 0 Å². The lowest BCUT2D eigenvalue weighted by Gasteiger charge is -2.10. The molecule has 0 radical (unpaired) electrons. The Kier molecular flexibility index (Phi) is 8.46. The van der Waals surface area contributed by atoms with Crippen LogP contribution in [0.4, 0.5) is 0 Å². The maximum atomic E-state index is 11.7. The Bertz CT molecular complexity index is 915. The molecule has 0 aromatic heterocycles. The van der Waals surface area contributed by atoms with Gasteiger partial charge in [-0.15, -0.1) is 0 Å². The highest BCUT2D eigenvalue weighted by Gasteiger charge is 2.10. The first-order chi connectivity index (χ1) is 14.4. The van der Waals surface area contributed by atoms with Gasteiger partial charge in [-0.25, -0.2) is 9.59 Å². The summed E-state index contributed by atoms with van der Waals surface area (Å²) in [5, 5.41) is 28.5. The molecule has 0 saturated carbocycles. The Hall–Kier alpha value is -3.78. The quantitative estimate of drug-likeness (QED) is 0.422. The Balaban J connectivity index is 1.71. The average Bonchev–Trinajstić information content (AvgIpc) is 2.75. The predicted octanol–water partition coefficient (Wildman–Crippen LogP) is 2.28. The maximum absolute atomic E-state index is 11.7. The number of ether oxygens (including phenoxy) is 3. The van der Waals surface area contributed by atoms with Crippen LogP contribution in [0.2, 0.25) is 0 Å². The largest absolute Gasteiger partial charge is 0.508 e. The van der Waals surface area contributed by atoms with E-state index >= 15 is 0 Å². The summed E-state index contributed by atoms with van der Waals surface area (Å²) in [6.45, 7) is -0.693. The molecule has 0 bridgehead atoms. The summed E-state index contributed by atoms with van der Waals surface area (Å²) in [6.07, 6.45) is 4.12. The number of aliphatic hydroxyl groups excluding tert-OH is 1. The zero-order valence-corrected chi connectivity index (χ0v) is 16.2. The number of esters is 2. The van der Waals surface area contributed by atoms with Crippen LogP contribution < -0.4 is 4.74 Å². The summed E-state index contributed by atoms with van der Waals surface area (Å²) in [5.41, 5.74) is 1.30. The Morgan fingerprint density at radius 3 is 2.00 bits per heavy atom. The molecule has 3 N–H and O–H groups in total. The Morgan fingerprint density at radius 2 is 1.43 bits per heavy atom. The lowest BCUT2D eigenvalue weighted by molar-refractivity contribution is -0.146. The van der Waals surface area contributed by atoms with Gasteiger partial charge in [0.2, 0.25) is 0 Å². The van der Waals surface area contributed by atoms with E-state index in [-0.39, 0.29) is 30.5 Å². The molecule has 0 fully saturated rings. The van der Waals surface area contributed by atoms with Crippen LogP contribution in [0.3, 0.4) is 0 Å². The molecule has 2 aromatic rings. The van der Waals surface area contributed by atoms with Gasteiger partial charge in [0.25, 0.3) is 0 Å². The van der Waals surface area contributed by atoms with E-state index in [0.29, 0.717) is 11.1 Å². The Labute approximate surface area is 173 Å². The first-order valence-corrected chi connectivity index (χ1v) is 8.91. The van der Waals surface area contributed by atoms with Crippen molar-refractivity contribution in [3.8, 4) is 17.2 Å². The fraction of sp³-hybridized carbons (Fsp3) is 0.182. The second-order valence-corrected chi connectivity index (χ2v) is 6.10. The molecule has 1 unspecified atom stereocenters. The number of aromatic hydroxyl groups is 2. The number of phenolic OH excluding ortho intramolecular Hbond substituents is 2. The molecule has 8 nitrogen and oxygen atoms in total. The van der Waals surface area contributed by atoms with E-state index in [1.807, 2.05) is 0 Å². The van der Waals surface area contributed by atoms with E-state index in [0.717, 1.165) is 6.08 Å². The fourth-order valence-corrected chi connectivity index (χ4v) is 2.21. The monoisotopic (exact) mass is 414 g/mol. The van der Waals surface area contributed by atoms with Crippen molar-refractivity contribution in [2.24, 2.45) is 0 Å². The summed E-state index contributed by atoms with van der Waals surface area (Å²) in [4.78, 5) is 23.4. The van der Waals surface area contributed by atoms with Gasteiger partial charge in [-0.05, 0) is 47.5 Å². The minimum atomic E-state index is -1.18. The van der Waals surface area contributed by atoms with Gasteiger partial charge < -0.3 is 29.5 Å². The van der Waals surface area contributed by atoms with E-state index in [9.17, 15) is 24.9 Å². The van der Waals surface area contributed by atoms with Crippen LogP contribution in [0, 0.1) is 0 Å². The van der Waals surface area contributed by atoms with Crippen molar-refractivity contribution < 1.29 is 39.1 Å². The van der Waals surface area contributed by atoms with Crippen LogP contribution in [0.15, 0.2) is 54.6 Å². The van der Waals surface area contributed by atoms with E-state index in [2.05, 4.69) is 0 Å². The fourth-order valence-electron chi connectivity index (χ4n) is 2.21. The van der Waals surface area contributed by atoms with Crippen molar-refractivity contribution in [2.45, 2.75) is 6.10 Å². The van der Waals surface area contributed by atoms with E-state index in [4.69, 9.17) is 14.2 Å². The number of phenols is 2. The zero-order valence-electron chi connectivity index (χ0n) is 16.2. The number of carbonyl (C=O) groups excluding carboxylic acids is 2. The molecule has 1 atom stereocenters. The van der Waals surface area contributed by atoms with Crippen molar-refractivity contribution in [1.82, 2.24) is 0 Å². The molecular weight excluding hydrogens is 392 g/mol. The van der Waals surface area contributed by atoms with Crippen LogP contribution in [0.25, 0.3) is 12.2 Å². The van der Waals surface area contributed by atoms with Gasteiger partial charge in [-0.2, -0.15) is 0 Å².